The largest absolute Gasteiger partial charge is 0.350 e. The van der Waals surface area contributed by atoms with Gasteiger partial charge in [0, 0.05) is 45.8 Å². The van der Waals surface area contributed by atoms with Crippen LogP contribution in [-0.4, -0.2) is 87.5 Å². The number of nitrogens with one attached hydrogen (secondary N) is 1. The van der Waals surface area contributed by atoms with Crippen molar-refractivity contribution >= 4 is 17.7 Å². The molecule has 1 aromatic carbocycles. The number of amides is 3. The van der Waals surface area contributed by atoms with Crippen molar-refractivity contribution in [2.75, 3.05) is 39.8 Å². The molecule has 9 nitrogen and oxygen atoms in total. The van der Waals surface area contributed by atoms with Crippen LogP contribution < -0.4 is 5.32 Å². The normalized spacial score (nSPS) is 21.2. The van der Waals surface area contributed by atoms with Crippen LogP contribution in [-0.2, 0) is 17.9 Å². The monoisotopic (exact) mass is 456 g/mol. The highest BCUT2D eigenvalue weighted by Gasteiger charge is 2.46. The lowest BCUT2D eigenvalue weighted by Crippen LogP contribution is -2.62. The molecule has 4 rings (SSSR count). The highest BCUT2D eigenvalue weighted by Crippen LogP contribution is 2.26. The van der Waals surface area contributed by atoms with E-state index in [1.807, 2.05) is 0 Å². The first-order valence-corrected chi connectivity index (χ1v) is 11.1. The van der Waals surface area contributed by atoms with E-state index >= 15 is 0 Å². The molecule has 3 heterocycles. The molecule has 10 heteroatoms. The highest BCUT2D eigenvalue weighted by atomic mass is 19.1. The minimum Gasteiger partial charge on any atom is -0.350 e. The van der Waals surface area contributed by atoms with Crippen LogP contribution in [0.25, 0.3) is 0 Å². The van der Waals surface area contributed by atoms with Gasteiger partial charge in [-0.3, -0.25) is 19.1 Å². The first kappa shape index (κ1) is 22.9. The molecule has 176 valence electrons. The molecule has 3 amide bonds. The molecule has 2 aromatic rings. The van der Waals surface area contributed by atoms with Gasteiger partial charge in [-0.1, -0.05) is 19.1 Å². The molecule has 0 bridgehead atoms. The average Bonchev–Trinajstić information content (AvgIpc) is 3.25. The zero-order chi connectivity index (χ0) is 23.8. The van der Waals surface area contributed by atoms with Crippen molar-refractivity contribution in [3.63, 3.8) is 0 Å². The fourth-order valence-electron chi connectivity index (χ4n) is 4.24. The van der Waals surface area contributed by atoms with Crippen molar-refractivity contribution in [3.05, 3.63) is 53.1 Å². The molecule has 2 aliphatic rings. The van der Waals surface area contributed by atoms with Crippen LogP contribution in [0.3, 0.4) is 0 Å². The zero-order valence-electron chi connectivity index (χ0n) is 19.2. The summed E-state index contributed by atoms with van der Waals surface area (Å²) >= 11 is 0. The SMILES string of the molecule is CCN1CCN(C(=O)c2cc3n(n2)C[C@](C)(C(=O)NCc2ccc(F)cc2)N(C)C3=O)CC1. The summed E-state index contributed by atoms with van der Waals surface area (Å²) in [5.41, 5.74) is 0.0573. The smallest absolute Gasteiger partial charge is 0.274 e. The third-order valence-electron chi connectivity index (χ3n) is 6.68. The van der Waals surface area contributed by atoms with Crippen molar-refractivity contribution in [3.8, 4) is 0 Å². The maximum Gasteiger partial charge on any atom is 0.274 e. The molecular formula is C23H29FN6O3. The van der Waals surface area contributed by atoms with Gasteiger partial charge in [0.25, 0.3) is 11.8 Å². The number of carbonyl (C=O) groups is 3. The Bertz CT molecular complexity index is 1060. The molecule has 0 unspecified atom stereocenters. The Kier molecular flexibility index (Phi) is 6.20. The van der Waals surface area contributed by atoms with Gasteiger partial charge in [0.05, 0.1) is 6.54 Å². The standard InChI is InChI=1S/C23H29FN6O3/c1-4-28-9-11-29(12-10-28)20(31)18-13-19-21(32)27(3)23(2,15-30(19)26-18)22(33)25-14-16-5-7-17(24)8-6-16/h5-8,13H,4,9-12,14-15H2,1-3H3,(H,25,33)/t23-/m1/s1. The second-order valence-corrected chi connectivity index (χ2v) is 8.75. The summed E-state index contributed by atoms with van der Waals surface area (Å²) in [6, 6.07) is 7.37. The van der Waals surface area contributed by atoms with Gasteiger partial charge in [0.15, 0.2) is 5.69 Å². The first-order valence-electron chi connectivity index (χ1n) is 11.1. The molecule has 0 spiro atoms. The maximum atomic E-state index is 13.1. The van der Waals surface area contributed by atoms with Gasteiger partial charge in [0.2, 0.25) is 5.91 Å². The van der Waals surface area contributed by atoms with Crippen LogP contribution in [0.4, 0.5) is 4.39 Å². The van der Waals surface area contributed by atoms with E-state index in [-0.39, 0.29) is 48.0 Å². The Morgan fingerprint density at radius 1 is 1.15 bits per heavy atom. The summed E-state index contributed by atoms with van der Waals surface area (Å²) in [6.45, 7) is 7.89. The highest BCUT2D eigenvalue weighted by molar-refractivity contribution is 6.01. The summed E-state index contributed by atoms with van der Waals surface area (Å²) in [7, 11) is 1.57. The van der Waals surface area contributed by atoms with Gasteiger partial charge in [-0.25, -0.2) is 4.39 Å². The van der Waals surface area contributed by atoms with Crippen molar-refractivity contribution < 1.29 is 18.8 Å². The van der Waals surface area contributed by atoms with Crippen LogP contribution in [0.2, 0.25) is 0 Å². The molecule has 2 aliphatic heterocycles. The second-order valence-electron chi connectivity index (χ2n) is 8.75. The van der Waals surface area contributed by atoms with E-state index in [1.165, 1.54) is 27.8 Å². The third-order valence-corrected chi connectivity index (χ3v) is 6.68. The van der Waals surface area contributed by atoms with E-state index in [2.05, 4.69) is 22.2 Å². The first-order chi connectivity index (χ1) is 15.7. The molecule has 1 N–H and O–H groups in total. The van der Waals surface area contributed by atoms with E-state index in [9.17, 15) is 18.8 Å². The van der Waals surface area contributed by atoms with Gasteiger partial charge in [-0.05, 0) is 31.2 Å². The Balaban J connectivity index is 1.48. The lowest BCUT2D eigenvalue weighted by atomic mass is 9.96. The number of likely N-dealkylation sites (N-methyl/N-ethyl adjacent to an activating group) is 2. The Labute approximate surface area is 192 Å². The third kappa shape index (κ3) is 4.35. The Morgan fingerprint density at radius 2 is 1.82 bits per heavy atom. The van der Waals surface area contributed by atoms with E-state index in [1.54, 1.807) is 31.0 Å². The van der Waals surface area contributed by atoms with E-state index in [0.29, 0.717) is 13.1 Å². The number of nitrogens with zero attached hydrogens (tertiary/aromatic N) is 5. The van der Waals surface area contributed by atoms with Crippen molar-refractivity contribution in [2.45, 2.75) is 32.5 Å². The number of fused-ring (bicyclic) bond motifs is 1. The van der Waals surface area contributed by atoms with Crippen LogP contribution in [0.15, 0.2) is 30.3 Å². The van der Waals surface area contributed by atoms with E-state index in [4.69, 9.17) is 0 Å². The summed E-state index contributed by atoms with van der Waals surface area (Å²) in [5.74, 6) is -1.28. The van der Waals surface area contributed by atoms with Gasteiger partial charge in [0.1, 0.15) is 17.1 Å². The molecule has 0 saturated carbocycles. The van der Waals surface area contributed by atoms with Crippen LogP contribution in [0, 0.1) is 5.82 Å². The van der Waals surface area contributed by atoms with Crippen LogP contribution in [0.5, 0.6) is 0 Å². The predicted octanol–water partition coefficient (Wildman–Crippen LogP) is 0.961. The van der Waals surface area contributed by atoms with Crippen molar-refractivity contribution in [2.24, 2.45) is 0 Å². The van der Waals surface area contributed by atoms with E-state index in [0.717, 1.165) is 25.2 Å². The number of carbonyl (C=O) groups excluding carboxylic acids is 3. The number of rotatable bonds is 5. The summed E-state index contributed by atoms with van der Waals surface area (Å²) in [5, 5.41) is 7.22. The van der Waals surface area contributed by atoms with Gasteiger partial charge >= 0.3 is 0 Å². The predicted molar refractivity (Wildman–Crippen MR) is 119 cm³/mol. The quantitative estimate of drug-likeness (QED) is 0.724. The molecule has 33 heavy (non-hydrogen) atoms. The average molecular weight is 457 g/mol. The summed E-state index contributed by atoms with van der Waals surface area (Å²) < 4.78 is 14.6. The fraction of sp³-hybridized carbons (Fsp3) is 0.478. The molecule has 1 saturated heterocycles. The maximum absolute atomic E-state index is 13.1. The van der Waals surface area contributed by atoms with Crippen LogP contribution in [0.1, 0.15) is 40.4 Å². The number of hydrogen-bond donors (Lipinski definition) is 1. The topological polar surface area (TPSA) is 90.8 Å². The lowest BCUT2D eigenvalue weighted by Gasteiger charge is -2.40. The zero-order valence-corrected chi connectivity index (χ0v) is 19.2. The van der Waals surface area contributed by atoms with Crippen molar-refractivity contribution in [1.82, 2.24) is 29.8 Å². The van der Waals surface area contributed by atoms with Gasteiger partial charge < -0.3 is 20.0 Å². The molecule has 1 fully saturated rings. The lowest BCUT2D eigenvalue weighted by molar-refractivity contribution is -0.132. The Hall–Kier alpha value is -3.27. The van der Waals surface area contributed by atoms with Crippen LogP contribution >= 0.6 is 0 Å². The second kappa shape index (κ2) is 8.93. The van der Waals surface area contributed by atoms with Gasteiger partial charge in [-0.2, -0.15) is 5.10 Å². The molecule has 0 aliphatic carbocycles. The van der Waals surface area contributed by atoms with Gasteiger partial charge in [-0.15, -0.1) is 0 Å². The number of piperazine rings is 1. The fourth-order valence-corrected chi connectivity index (χ4v) is 4.24. The molecule has 0 radical (unpaired) electrons. The van der Waals surface area contributed by atoms with E-state index < -0.39 is 5.54 Å². The number of aromatic nitrogens is 2. The summed E-state index contributed by atoms with van der Waals surface area (Å²) in [6.07, 6.45) is 0. The molecule has 1 atom stereocenters. The Morgan fingerprint density at radius 3 is 2.45 bits per heavy atom. The minimum atomic E-state index is -1.19. The summed E-state index contributed by atoms with van der Waals surface area (Å²) in [4.78, 5) is 44.5. The number of hydrogen-bond acceptors (Lipinski definition) is 5. The van der Waals surface area contributed by atoms with Crippen molar-refractivity contribution in [1.29, 1.82) is 0 Å². The number of halogens is 1. The molecular weight excluding hydrogens is 427 g/mol. The number of benzene rings is 1. The molecule has 1 aromatic heterocycles. The minimum absolute atomic E-state index is 0.122.